The molecule has 0 amide bonds. The molecule has 176 valence electrons. The largest absolute Gasteiger partial charge is 0.393 e. The zero-order valence-corrected chi connectivity index (χ0v) is 20.2. The lowest BCUT2D eigenvalue weighted by atomic mass is 10.0. The van der Waals surface area contributed by atoms with Crippen molar-refractivity contribution in [3.05, 3.63) is 0 Å². The van der Waals surface area contributed by atoms with E-state index < -0.39 is 15.4 Å². The van der Waals surface area contributed by atoms with Crippen LogP contribution in [0, 0.1) is 0 Å². The summed E-state index contributed by atoms with van der Waals surface area (Å²) in [6, 6.07) is 0. The topological polar surface area (TPSA) is 74.6 Å². The van der Waals surface area contributed by atoms with E-state index >= 15 is 0 Å². The lowest BCUT2D eigenvalue weighted by Crippen LogP contribution is -2.20. The molecule has 0 aliphatic rings. The number of rotatable bonds is 22. The molecule has 0 aromatic carbocycles. The minimum absolute atomic E-state index is 0.119. The van der Waals surface area contributed by atoms with Gasteiger partial charge in [0.05, 0.1) is 11.4 Å². The van der Waals surface area contributed by atoms with Crippen molar-refractivity contribution in [2.24, 2.45) is 0 Å². The summed E-state index contributed by atoms with van der Waals surface area (Å²) in [4.78, 5) is 0. The van der Waals surface area contributed by atoms with Gasteiger partial charge >= 0.3 is 0 Å². The van der Waals surface area contributed by atoms with E-state index in [0.717, 1.165) is 64.2 Å². The first-order chi connectivity index (χ1) is 13.9. The first-order valence-corrected chi connectivity index (χ1v) is 14.1. The van der Waals surface area contributed by atoms with Crippen molar-refractivity contribution in [3.63, 3.8) is 0 Å². The van der Waals surface area contributed by atoms with Gasteiger partial charge in [0, 0.05) is 0 Å². The SMILES string of the molecule is CCCCCCCC(CCCCCCCCCC(O)CCCCCC)S(=O)(=O)O. The normalized spacial score (nSPS) is 14.2. The maximum Gasteiger partial charge on any atom is 0.267 e. The van der Waals surface area contributed by atoms with E-state index in [1.165, 1.54) is 51.4 Å². The Morgan fingerprint density at radius 2 is 0.862 bits per heavy atom. The van der Waals surface area contributed by atoms with E-state index in [9.17, 15) is 18.1 Å². The molecule has 0 aromatic rings. The van der Waals surface area contributed by atoms with Gasteiger partial charge in [-0.2, -0.15) is 8.42 Å². The minimum Gasteiger partial charge on any atom is -0.393 e. The molecule has 0 bridgehead atoms. The van der Waals surface area contributed by atoms with E-state index in [-0.39, 0.29) is 6.10 Å². The third-order valence-corrected chi connectivity index (χ3v) is 7.32. The second kappa shape index (κ2) is 19.8. The molecule has 0 rings (SSSR count). The summed E-state index contributed by atoms with van der Waals surface area (Å²) in [5.41, 5.74) is 0. The first-order valence-electron chi connectivity index (χ1n) is 12.6. The fraction of sp³-hybridized carbons (Fsp3) is 1.00. The molecule has 0 aromatic heterocycles. The van der Waals surface area contributed by atoms with Crippen LogP contribution in [-0.4, -0.2) is 29.4 Å². The lowest BCUT2D eigenvalue weighted by molar-refractivity contribution is 0.147. The first kappa shape index (κ1) is 28.9. The zero-order valence-electron chi connectivity index (χ0n) is 19.4. The highest BCUT2D eigenvalue weighted by molar-refractivity contribution is 7.86. The third-order valence-electron chi connectivity index (χ3n) is 6.01. The molecule has 0 aliphatic heterocycles. The summed E-state index contributed by atoms with van der Waals surface area (Å²) in [6.07, 6.45) is 21.1. The molecule has 4 nitrogen and oxygen atoms in total. The summed E-state index contributed by atoms with van der Waals surface area (Å²) >= 11 is 0. The highest BCUT2D eigenvalue weighted by Gasteiger charge is 2.21. The molecule has 5 heteroatoms. The van der Waals surface area contributed by atoms with Gasteiger partial charge in [0.2, 0.25) is 0 Å². The molecule has 0 saturated carbocycles. The Kier molecular flexibility index (Phi) is 19.7. The van der Waals surface area contributed by atoms with Gasteiger partial charge in [-0.05, 0) is 25.7 Å². The summed E-state index contributed by atoms with van der Waals surface area (Å²) in [6.45, 7) is 4.37. The van der Waals surface area contributed by atoms with Gasteiger partial charge in [-0.1, -0.05) is 117 Å². The van der Waals surface area contributed by atoms with Crippen molar-refractivity contribution < 1.29 is 18.1 Å². The Bertz CT molecular complexity index is 436. The fourth-order valence-corrected chi connectivity index (χ4v) is 4.93. The van der Waals surface area contributed by atoms with Crippen LogP contribution < -0.4 is 0 Å². The molecule has 0 fully saturated rings. The lowest BCUT2D eigenvalue weighted by Gasteiger charge is -2.13. The van der Waals surface area contributed by atoms with Gasteiger partial charge in [0.25, 0.3) is 10.1 Å². The van der Waals surface area contributed by atoms with Gasteiger partial charge < -0.3 is 5.11 Å². The maximum atomic E-state index is 11.6. The van der Waals surface area contributed by atoms with Crippen LogP contribution in [-0.2, 0) is 10.1 Å². The fourth-order valence-electron chi connectivity index (χ4n) is 4.00. The molecule has 0 radical (unpaired) electrons. The van der Waals surface area contributed by atoms with E-state index in [0.29, 0.717) is 12.8 Å². The molecule has 2 unspecified atom stereocenters. The number of hydrogen-bond acceptors (Lipinski definition) is 3. The maximum absolute atomic E-state index is 11.6. The van der Waals surface area contributed by atoms with Crippen LogP contribution in [0.2, 0.25) is 0 Å². The number of aliphatic hydroxyl groups excluding tert-OH is 1. The highest BCUT2D eigenvalue weighted by atomic mass is 32.2. The minimum atomic E-state index is -3.90. The number of hydrogen-bond donors (Lipinski definition) is 2. The zero-order chi connectivity index (χ0) is 21.8. The smallest absolute Gasteiger partial charge is 0.267 e. The second-order valence-corrected chi connectivity index (χ2v) is 10.6. The molecule has 2 N–H and O–H groups in total. The van der Waals surface area contributed by atoms with Gasteiger partial charge in [-0.15, -0.1) is 0 Å². The van der Waals surface area contributed by atoms with Gasteiger partial charge in [-0.3, -0.25) is 4.55 Å². The molecular formula is C24H50O4S. The quantitative estimate of drug-likeness (QED) is 0.137. The molecule has 2 atom stereocenters. The monoisotopic (exact) mass is 434 g/mol. The van der Waals surface area contributed by atoms with Crippen LogP contribution in [0.1, 0.15) is 142 Å². The molecular weight excluding hydrogens is 384 g/mol. The highest BCUT2D eigenvalue weighted by Crippen LogP contribution is 2.19. The van der Waals surface area contributed by atoms with Crippen LogP contribution in [0.15, 0.2) is 0 Å². The molecule has 29 heavy (non-hydrogen) atoms. The second-order valence-electron chi connectivity index (χ2n) is 8.90. The number of unbranched alkanes of at least 4 members (excludes halogenated alkanes) is 13. The third kappa shape index (κ3) is 19.6. The van der Waals surface area contributed by atoms with Crippen LogP contribution in [0.4, 0.5) is 0 Å². The van der Waals surface area contributed by atoms with Crippen molar-refractivity contribution in [3.8, 4) is 0 Å². The van der Waals surface area contributed by atoms with Gasteiger partial charge in [0.15, 0.2) is 0 Å². The van der Waals surface area contributed by atoms with Gasteiger partial charge in [0.1, 0.15) is 0 Å². The Morgan fingerprint density at radius 1 is 0.552 bits per heavy atom. The average Bonchev–Trinajstić information content (AvgIpc) is 2.67. The molecule has 0 saturated heterocycles. The summed E-state index contributed by atoms with van der Waals surface area (Å²) in [7, 11) is -3.90. The molecule has 0 aliphatic carbocycles. The van der Waals surface area contributed by atoms with Crippen LogP contribution in [0.3, 0.4) is 0 Å². The van der Waals surface area contributed by atoms with E-state index in [4.69, 9.17) is 0 Å². The Hall–Kier alpha value is -0.130. The summed E-state index contributed by atoms with van der Waals surface area (Å²) < 4.78 is 32.6. The Labute approximate surface area is 182 Å². The summed E-state index contributed by atoms with van der Waals surface area (Å²) in [5, 5.41) is 9.41. The van der Waals surface area contributed by atoms with Crippen molar-refractivity contribution in [1.29, 1.82) is 0 Å². The van der Waals surface area contributed by atoms with Crippen molar-refractivity contribution in [2.45, 2.75) is 154 Å². The standard InChI is InChI=1S/C24H50O4S/c1-3-5-7-12-17-21-24(29(26,27)28)22-18-14-11-9-10-13-16-20-23(25)19-15-8-6-4-2/h23-25H,3-22H2,1-2H3,(H,26,27,28). The number of aliphatic hydroxyl groups is 1. The van der Waals surface area contributed by atoms with Crippen LogP contribution >= 0.6 is 0 Å². The molecule has 0 spiro atoms. The predicted octanol–water partition coefficient (Wildman–Crippen LogP) is 7.45. The van der Waals surface area contributed by atoms with Crippen molar-refractivity contribution in [1.82, 2.24) is 0 Å². The molecule has 0 heterocycles. The van der Waals surface area contributed by atoms with Crippen LogP contribution in [0.5, 0.6) is 0 Å². The van der Waals surface area contributed by atoms with Crippen LogP contribution in [0.25, 0.3) is 0 Å². The predicted molar refractivity (Wildman–Crippen MR) is 125 cm³/mol. The van der Waals surface area contributed by atoms with Gasteiger partial charge in [-0.25, -0.2) is 0 Å². The Balaban J connectivity index is 3.62. The average molecular weight is 435 g/mol. The van der Waals surface area contributed by atoms with E-state index in [2.05, 4.69) is 13.8 Å². The van der Waals surface area contributed by atoms with Crippen molar-refractivity contribution in [2.75, 3.05) is 0 Å². The Morgan fingerprint density at radius 3 is 1.24 bits per heavy atom. The van der Waals surface area contributed by atoms with E-state index in [1.54, 1.807) is 0 Å². The van der Waals surface area contributed by atoms with Crippen molar-refractivity contribution >= 4 is 10.1 Å². The van der Waals surface area contributed by atoms with E-state index in [1.807, 2.05) is 0 Å². The summed E-state index contributed by atoms with van der Waals surface area (Å²) in [5.74, 6) is 0.